The summed E-state index contributed by atoms with van der Waals surface area (Å²) in [7, 11) is 0. The first kappa shape index (κ1) is 13.2. The summed E-state index contributed by atoms with van der Waals surface area (Å²) in [4.78, 5) is 5.36. The normalized spacial score (nSPS) is 30.0. The largest absolute Gasteiger partial charge is 0.309 e. The van der Waals surface area contributed by atoms with E-state index in [9.17, 15) is 0 Å². The molecule has 1 N–H and O–H groups in total. The van der Waals surface area contributed by atoms with Crippen LogP contribution in [0.4, 0.5) is 0 Å². The van der Waals surface area contributed by atoms with Crippen molar-refractivity contribution in [2.45, 2.75) is 31.2 Å². The summed E-state index contributed by atoms with van der Waals surface area (Å²) in [5, 5.41) is 3.80. The van der Waals surface area contributed by atoms with Gasteiger partial charge in [0.05, 0.1) is 0 Å². The van der Waals surface area contributed by atoms with E-state index in [1.165, 1.54) is 83.0 Å². The smallest absolute Gasteiger partial charge is 0.0309 e. The molecule has 0 atom stereocenters. The van der Waals surface area contributed by atoms with E-state index in [2.05, 4.69) is 26.9 Å². The van der Waals surface area contributed by atoms with Gasteiger partial charge < -0.3 is 10.2 Å². The summed E-state index contributed by atoms with van der Waals surface area (Å²) in [6.07, 6.45) is 5.68. The summed E-state index contributed by atoms with van der Waals surface area (Å²) < 4.78 is 0. The molecule has 0 aromatic heterocycles. The molecule has 2 heterocycles. The lowest BCUT2D eigenvalue weighted by Gasteiger charge is -2.42. The van der Waals surface area contributed by atoms with Gasteiger partial charge in [-0.15, -0.1) is 0 Å². The van der Waals surface area contributed by atoms with Crippen molar-refractivity contribution in [2.75, 3.05) is 57.3 Å². The van der Waals surface area contributed by atoms with Gasteiger partial charge in [0.1, 0.15) is 0 Å². The molecule has 3 rings (SSSR count). The van der Waals surface area contributed by atoms with Crippen molar-refractivity contribution in [3.8, 4) is 0 Å². The lowest BCUT2D eigenvalue weighted by Crippen LogP contribution is -2.59. The fraction of sp³-hybridized carbons (Fsp3) is 1.00. The highest BCUT2D eigenvalue weighted by molar-refractivity contribution is 7.99. The minimum absolute atomic E-state index is 0.496. The van der Waals surface area contributed by atoms with E-state index >= 15 is 0 Å². The van der Waals surface area contributed by atoms with Crippen molar-refractivity contribution in [3.63, 3.8) is 0 Å². The van der Waals surface area contributed by atoms with E-state index in [4.69, 9.17) is 0 Å². The zero-order chi connectivity index (χ0) is 12.3. The van der Waals surface area contributed by atoms with Crippen LogP contribution in [0.5, 0.6) is 0 Å². The third-order valence-corrected chi connectivity index (χ3v) is 5.79. The molecule has 0 radical (unpaired) electrons. The Morgan fingerprint density at radius 3 is 2.44 bits per heavy atom. The van der Waals surface area contributed by atoms with Gasteiger partial charge in [-0.3, -0.25) is 4.90 Å². The highest BCUT2D eigenvalue weighted by Gasteiger charge is 2.37. The quantitative estimate of drug-likeness (QED) is 0.831. The first-order chi connectivity index (χ1) is 8.86. The molecule has 1 saturated carbocycles. The highest BCUT2D eigenvalue weighted by atomic mass is 32.2. The molecule has 0 unspecified atom stereocenters. The van der Waals surface area contributed by atoms with E-state index in [0.29, 0.717) is 5.54 Å². The molecule has 0 bridgehead atoms. The van der Waals surface area contributed by atoms with Gasteiger partial charge in [-0.1, -0.05) is 12.8 Å². The minimum atomic E-state index is 0.496. The second kappa shape index (κ2) is 6.12. The van der Waals surface area contributed by atoms with E-state index in [-0.39, 0.29) is 0 Å². The number of rotatable bonds is 3. The van der Waals surface area contributed by atoms with Crippen molar-refractivity contribution in [3.05, 3.63) is 0 Å². The first-order valence-corrected chi connectivity index (χ1v) is 8.79. The van der Waals surface area contributed by atoms with Crippen LogP contribution >= 0.6 is 11.8 Å². The van der Waals surface area contributed by atoms with Gasteiger partial charge in [-0.25, -0.2) is 0 Å². The lowest BCUT2D eigenvalue weighted by molar-refractivity contribution is 0.121. The van der Waals surface area contributed by atoms with E-state index in [0.717, 1.165) is 0 Å². The topological polar surface area (TPSA) is 18.5 Å². The number of hydrogen-bond acceptors (Lipinski definition) is 4. The number of thioether (sulfide) groups is 1. The van der Waals surface area contributed by atoms with Crippen molar-refractivity contribution < 1.29 is 0 Å². The number of nitrogens with zero attached hydrogens (tertiary/aromatic N) is 2. The molecule has 4 heteroatoms. The van der Waals surface area contributed by atoms with Crippen LogP contribution in [-0.4, -0.2) is 72.7 Å². The molecule has 2 aliphatic heterocycles. The summed E-state index contributed by atoms with van der Waals surface area (Å²) in [5.41, 5.74) is 0.496. The Morgan fingerprint density at radius 2 is 1.67 bits per heavy atom. The molecule has 0 aromatic rings. The fourth-order valence-electron chi connectivity index (χ4n) is 3.73. The van der Waals surface area contributed by atoms with Crippen LogP contribution in [0.25, 0.3) is 0 Å². The second-order valence-corrected chi connectivity index (χ2v) is 7.37. The Bertz CT molecular complexity index is 260. The molecular formula is C14H27N3S. The monoisotopic (exact) mass is 269 g/mol. The van der Waals surface area contributed by atoms with E-state index in [1.54, 1.807) is 0 Å². The van der Waals surface area contributed by atoms with Crippen LogP contribution in [0.15, 0.2) is 0 Å². The summed E-state index contributed by atoms with van der Waals surface area (Å²) in [5.74, 6) is 2.68. The second-order valence-electron chi connectivity index (χ2n) is 6.14. The molecule has 104 valence electrons. The van der Waals surface area contributed by atoms with Crippen molar-refractivity contribution in [2.24, 2.45) is 0 Å². The maximum atomic E-state index is 3.80. The Hall–Kier alpha value is 0.230. The Labute approximate surface area is 116 Å². The maximum absolute atomic E-state index is 3.80. The van der Waals surface area contributed by atoms with Gasteiger partial charge in [0.2, 0.25) is 0 Å². The zero-order valence-corrected chi connectivity index (χ0v) is 12.3. The molecule has 0 amide bonds. The highest BCUT2D eigenvalue weighted by Crippen LogP contribution is 2.31. The third-order valence-electron chi connectivity index (χ3n) is 4.85. The van der Waals surface area contributed by atoms with Gasteiger partial charge in [0.15, 0.2) is 0 Å². The predicted molar refractivity (Wildman–Crippen MR) is 79.4 cm³/mol. The van der Waals surface area contributed by atoms with Gasteiger partial charge in [0.25, 0.3) is 0 Å². The summed E-state index contributed by atoms with van der Waals surface area (Å²) in [6, 6.07) is 0. The predicted octanol–water partition coefficient (Wildman–Crippen LogP) is 1.25. The Balaban J connectivity index is 1.44. The molecule has 1 spiro atoms. The van der Waals surface area contributed by atoms with Gasteiger partial charge in [-0.2, -0.15) is 11.8 Å². The molecule has 18 heavy (non-hydrogen) atoms. The lowest BCUT2D eigenvalue weighted by atomic mass is 9.94. The van der Waals surface area contributed by atoms with Crippen LogP contribution in [0.1, 0.15) is 25.7 Å². The first-order valence-electron chi connectivity index (χ1n) is 7.64. The molecule has 3 aliphatic rings. The zero-order valence-electron chi connectivity index (χ0n) is 11.5. The third kappa shape index (κ3) is 3.21. The van der Waals surface area contributed by atoms with Crippen molar-refractivity contribution in [1.29, 1.82) is 0 Å². The van der Waals surface area contributed by atoms with Crippen LogP contribution in [-0.2, 0) is 0 Å². The molecule has 1 aliphatic carbocycles. The maximum Gasteiger partial charge on any atom is 0.0309 e. The van der Waals surface area contributed by atoms with Crippen LogP contribution in [0, 0.1) is 0 Å². The number of hydrogen-bond donors (Lipinski definition) is 1. The summed E-state index contributed by atoms with van der Waals surface area (Å²) >= 11 is 2.11. The standard InChI is InChI=1S/C14H27N3S/c1-2-4-14(3-1)13-17(6-5-15-14)8-7-16-9-11-18-12-10-16/h15H,1-13H2. The Kier molecular flexibility index (Phi) is 4.50. The van der Waals surface area contributed by atoms with Crippen molar-refractivity contribution >= 4 is 11.8 Å². The number of piperazine rings is 1. The Morgan fingerprint density at radius 1 is 0.944 bits per heavy atom. The van der Waals surface area contributed by atoms with E-state index < -0.39 is 0 Å². The number of nitrogens with one attached hydrogen (secondary N) is 1. The minimum Gasteiger partial charge on any atom is -0.309 e. The van der Waals surface area contributed by atoms with Gasteiger partial charge >= 0.3 is 0 Å². The van der Waals surface area contributed by atoms with Crippen LogP contribution < -0.4 is 5.32 Å². The molecule has 0 aromatic carbocycles. The molecule has 3 nitrogen and oxygen atoms in total. The average molecular weight is 269 g/mol. The van der Waals surface area contributed by atoms with Crippen LogP contribution in [0.2, 0.25) is 0 Å². The molecule has 3 fully saturated rings. The summed E-state index contributed by atoms with van der Waals surface area (Å²) in [6.45, 7) is 8.95. The average Bonchev–Trinajstić information content (AvgIpc) is 2.86. The van der Waals surface area contributed by atoms with Gasteiger partial charge in [0, 0.05) is 62.9 Å². The van der Waals surface area contributed by atoms with Crippen LogP contribution in [0.3, 0.4) is 0 Å². The molecule has 2 saturated heterocycles. The van der Waals surface area contributed by atoms with E-state index in [1.807, 2.05) is 0 Å². The van der Waals surface area contributed by atoms with Crippen molar-refractivity contribution in [1.82, 2.24) is 15.1 Å². The SMILES string of the molecule is C1CCC2(C1)CN(CCN1CCSCC1)CCN2. The fourth-order valence-corrected chi connectivity index (χ4v) is 4.71. The molecular weight excluding hydrogens is 242 g/mol. The van der Waals surface area contributed by atoms with Gasteiger partial charge in [-0.05, 0) is 12.8 Å².